The van der Waals surface area contributed by atoms with Gasteiger partial charge < -0.3 is 15.0 Å². The van der Waals surface area contributed by atoms with Crippen molar-refractivity contribution in [3.8, 4) is 5.75 Å². The first-order valence-corrected chi connectivity index (χ1v) is 9.62. The van der Waals surface area contributed by atoms with Crippen molar-refractivity contribution in [2.75, 3.05) is 25.4 Å². The molecule has 1 aromatic heterocycles. The van der Waals surface area contributed by atoms with E-state index in [-0.39, 0.29) is 39.1 Å². The molecule has 0 saturated carbocycles. The fourth-order valence-electron chi connectivity index (χ4n) is 3.34. The SMILES string of the molecule is [2H]C([2H])([2H])Oc1cc2ncnc(Nc3ccc(Cl)c(Cl)c3F)c2cc1C1CN(C(=O)C=C)C1. The Balaban J connectivity index is 1.77. The van der Waals surface area contributed by atoms with Crippen molar-refractivity contribution in [2.24, 2.45) is 0 Å². The molecule has 0 atom stereocenters. The van der Waals surface area contributed by atoms with Crippen molar-refractivity contribution < 1.29 is 18.0 Å². The van der Waals surface area contributed by atoms with Crippen LogP contribution in [-0.4, -0.2) is 40.9 Å². The summed E-state index contributed by atoms with van der Waals surface area (Å²) < 4.78 is 42.3. The number of amides is 1. The van der Waals surface area contributed by atoms with Gasteiger partial charge >= 0.3 is 0 Å². The molecule has 6 nitrogen and oxygen atoms in total. The zero-order valence-electron chi connectivity index (χ0n) is 18.5. The van der Waals surface area contributed by atoms with Gasteiger partial charge in [0.1, 0.15) is 17.9 Å². The molecular formula is C21H17Cl2FN4O2. The number of hydrogen-bond donors (Lipinski definition) is 1. The van der Waals surface area contributed by atoms with Gasteiger partial charge in [0, 0.05) is 36.0 Å². The largest absolute Gasteiger partial charge is 0.496 e. The van der Waals surface area contributed by atoms with E-state index in [1.807, 2.05) is 0 Å². The van der Waals surface area contributed by atoms with E-state index in [1.54, 1.807) is 11.0 Å². The van der Waals surface area contributed by atoms with E-state index >= 15 is 0 Å². The first kappa shape index (κ1) is 16.8. The van der Waals surface area contributed by atoms with Crippen molar-refractivity contribution in [3.63, 3.8) is 0 Å². The smallest absolute Gasteiger partial charge is 0.245 e. The molecule has 1 amide bonds. The van der Waals surface area contributed by atoms with Crippen LogP contribution in [0.3, 0.4) is 0 Å². The minimum Gasteiger partial charge on any atom is -0.496 e. The predicted molar refractivity (Wildman–Crippen MR) is 115 cm³/mol. The number of ether oxygens (including phenoxy) is 1. The molecule has 0 bridgehead atoms. The Bertz CT molecular complexity index is 1270. The quantitative estimate of drug-likeness (QED) is 0.441. The molecule has 3 aromatic rings. The van der Waals surface area contributed by atoms with E-state index in [0.717, 1.165) is 0 Å². The Labute approximate surface area is 186 Å². The maximum atomic E-state index is 14.6. The van der Waals surface area contributed by atoms with Gasteiger partial charge in [-0.25, -0.2) is 14.4 Å². The van der Waals surface area contributed by atoms with Gasteiger partial charge in [0.25, 0.3) is 0 Å². The number of nitrogens with zero attached hydrogens (tertiary/aromatic N) is 3. The van der Waals surface area contributed by atoms with E-state index in [0.29, 0.717) is 29.6 Å². The Morgan fingerprint density at radius 2 is 2.20 bits per heavy atom. The molecular weight excluding hydrogens is 430 g/mol. The van der Waals surface area contributed by atoms with Gasteiger partial charge in [-0.2, -0.15) is 0 Å². The van der Waals surface area contributed by atoms with Crippen LogP contribution in [0.4, 0.5) is 15.9 Å². The highest BCUT2D eigenvalue weighted by Crippen LogP contribution is 2.38. The molecule has 1 aliphatic rings. The lowest BCUT2D eigenvalue weighted by Gasteiger charge is -2.39. The van der Waals surface area contributed by atoms with Gasteiger partial charge in [0.05, 0.1) is 32.4 Å². The van der Waals surface area contributed by atoms with E-state index < -0.39 is 12.9 Å². The van der Waals surface area contributed by atoms with Crippen LogP contribution < -0.4 is 10.1 Å². The number of anilines is 2. The average molecular weight is 450 g/mol. The van der Waals surface area contributed by atoms with Gasteiger partial charge in [-0.3, -0.25) is 4.79 Å². The summed E-state index contributed by atoms with van der Waals surface area (Å²) in [6.07, 6.45) is 2.48. The first-order chi connectivity index (χ1) is 15.6. The summed E-state index contributed by atoms with van der Waals surface area (Å²) in [5, 5.41) is 3.24. The number of likely N-dealkylation sites (tertiary alicyclic amines) is 1. The van der Waals surface area contributed by atoms with Crippen molar-refractivity contribution in [1.82, 2.24) is 14.9 Å². The Morgan fingerprint density at radius 3 is 2.93 bits per heavy atom. The molecule has 2 heterocycles. The second-order valence-electron chi connectivity index (χ2n) is 6.72. The molecule has 154 valence electrons. The number of rotatable bonds is 5. The Kier molecular flexibility index (Phi) is 4.54. The molecule has 2 aromatic carbocycles. The minimum atomic E-state index is -2.68. The van der Waals surface area contributed by atoms with Crippen LogP contribution in [-0.2, 0) is 4.79 Å². The van der Waals surface area contributed by atoms with Gasteiger partial charge in [-0.15, -0.1) is 0 Å². The predicted octanol–water partition coefficient (Wildman–Crippen LogP) is 4.94. The highest BCUT2D eigenvalue weighted by molar-refractivity contribution is 6.42. The third-order valence-electron chi connectivity index (χ3n) is 4.97. The van der Waals surface area contributed by atoms with Crippen LogP contribution >= 0.6 is 23.2 Å². The number of fused-ring (bicyclic) bond motifs is 1. The van der Waals surface area contributed by atoms with Crippen molar-refractivity contribution >= 4 is 51.5 Å². The summed E-state index contributed by atoms with van der Waals surface area (Å²) in [6.45, 7) is 4.21. The van der Waals surface area contributed by atoms with E-state index in [9.17, 15) is 9.18 Å². The summed E-state index contributed by atoms with van der Waals surface area (Å²) in [6, 6.07) is 6.06. The highest BCUT2D eigenvalue weighted by Gasteiger charge is 2.33. The summed E-state index contributed by atoms with van der Waals surface area (Å²) in [5.74, 6) is -0.728. The molecule has 0 radical (unpaired) electrons. The number of methoxy groups -OCH3 is 1. The van der Waals surface area contributed by atoms with Crippen LogP contribution in [0.25, 0.3) is 10.9 Å². The molecule has 1 fully saturated rings. The highest BCUT2D eigenvalue weighted by atomic mass is 35.5. The molecule has 1 N–H and O–H groups in total. The van der Waals surface area contributed by atoms with Crippen LogP contribution in [0.15, 0.2) is 43.2 Å². The zero-order chi connectivity index (χ0) is 23.9. The summed E-state index contributed by atoms with van der Waals surface area (Å²) in [4.78, 5) is 21.8. The minimum absolute atomic E-state index is 0.0557. The van der Waals surface area contributed by atoms with Crippen molar-refractivity contribution in [3.05, 3.63) is 64.7 Å². The molecule has 30 heavy (non-hydrogen) atoms. The zero-order valence-corrected chi connectivity index (χ0v) is 17.0. The fourth-order valence-corrected chi connectivity index (χ4v) is 3.65. The van der Waals surface area contributed by atoms with Gasteiger partial charge in [-0.05, 0) is 24.3 Å². The van der Waals surface area contributed by atoms with E-state index in [2.05, 4.69) is 21.9 Å². The lowest BCUT2D eigenvalue weighted by molar-refractivity contribution is -0.130. The van der Waals surface area contributed by atoms with Crippen LogP contribution in [0, 0.1) is 5.82 Å². The molecule has 1 saturated heterocycles. The summed E-state index contributed by atoms with van der Waals surface area (Å²) >= 11 is 11.8. The van der Waals surface area contributed by atoms with Crippen molar-refractivity contribution in [2.45, 2.75) is 5.92 Å². The monoisotopic (exact) mass is 449 g/mol. The van der Waals surface area contributed by atoms with Gasteiger partial charge in [0.2, 0.25) is 5.91 Å². The number of nitrogens with one attached hydrogen (secondary N) is 1. The number of benzene rings is 2. The normalized spacial score (nSPS) is 15.7. The number of carbonyl (C=O) groups excluding carboxylic acids is 1. The lowest BCUT2D eigenvalue weighted by atomic mass is 9.89. The topological polar surface area (TPSA) is 67.4 Å². The molecule has 4 rings (SSSR count). The standard InChI is InChI=1S/C21H17Cl2FN4O2/c1-3-18(29)28-8-11(9-28)12-6-13-16(7-17(12)30-2)25-10-26-21(13)27-15-5-4-14(22)19(23)20(15)24/h3-7,10-11H,1,8-9H2,2H3,(H,25,26,27)/i2D3. The molecule has 0 aliphatic carbocycles. The third-order valence-corrected chi connectivity index (χ3v) is 5.75. The maximum Gasteiger partial charge on any atom is 0.245 e. The molecule has 9 heteroatoms. The number of halogens is 3. The number of hydrogen-bond acceptors (Lipinski definition) is 5. The van der Waals surface area contributed by atoms with E-state index in [4.69, 9.17) is 32.1 Å². The van der Waals surface area contributed by atoms with E-state index in [1.165, 1.54) is 30.6 Å². The fraction of sp³-hybridized carbons (Fsp3) is 0.190. The number of aromatic nitrogens is 2. The molecule has 1 aliphatic heterocycles. The van der Waals surface area contributed by atoms with Gasteiger partial charge in [-0.1, -0.05) is 29.8 Å². The third kappa shape index (κ3) is 3.55. The maximum absolute atomic E-state index is 14.6. The van der Waals surface area contributed by atoms with Crippen LogP contribution in [0.5, 0.6) is 5.75 Å². The molecule has 0 unspecified atom stereocenters. The average Bonchev–Trinajstić information content (AvgIpc) is 2.72. The summed E-state index contributed by atoms with van der Waals surface area (Å²) in [7, 11) is -2.68. The Hall–Kier alpha value is -2.90. The second-order valence-corrected chi connectivity index (χ2v) is 7.51. The summed E-state index contributed by atoms with van der Waals surface area (Å²) in [5.41, 5.74) is 1.01. The Morgan fingerprint density at radius 1 is 1.40 bits per heavy atom. The van der Waals surface area contributed by atoms with Gasteiger partial charge in [0.15, 0.2) is 5.82 Å². The van der Waals surface area contributed by atoms with Crippen molar-refractivity contribution in [1.29, 1.82) is 0 Å². The molecule has 0 spiro atoms. The van der Waals surface area contributed by atoms with Crippen LogP contribution in [0.1, 0.15) is 15.6 Å². The first-order valence-electron chi connectivity index (χ1n) is 10.4. The van der Waals surface area contributed by atoms with Crippen LogP contribution in [0.2, 0.25) is 10.0 Å². The number of carbonyl (C=O) groups is 1. The lowest BCUT2D eigenvalue weighted by Crippen LogP contribution is -2.47. The second kappa shape index (κ2) is 8.08.